The number of hydrogen-bond donors (Lipinski definition) is 2. The maximum atomic E-state index is 12.2. The van der Waals surface area contributed by atoms with E-state index in [1.165, 1.54) is 0 Å². The molecule has 1 aliphatic rings. The summed E-state index contributed by atoms with van der Waals surface area (Å²) in [6.45, 7) is 5.40. The number of rotatable bonds is 7. The summed E-state index contributed by atoms with van der Waals surface area (Å²) in [6, 6.07) is 11.2. The Bertz CT molecular complexity index is 718. The third-order valence-electron chi connectivity index (χ3n) is 4.26. The van der Waals surface area contributed by atoms with Crippen LogP contribution in [0.15, 0.2) is 42.6 Å². The molecule has 2 aromatic rings. The zero-order chi connectivity index (χ0) is 18.2. The van der Waals surface area contributed by atoms with E-state index >= 15 is 0 Å². The number of aromatic nitrogens is 1. The number of halogens is 1. The zero-order valence-corrected chi connectivity index (χ0v) is 15.3. The van der Waals surface area contributed by atoms with Crippen molar-refractivity contribution >= 4 is 23.3 Å². The van der Waals surface area contributed by atoms with Crippen molar-refractivity contribution in [3.63, 3.8) is 0 Å². The molecule has 1 amide bonds. The first-order valence-corrected chi connectivity index (χ1v) is 9.12. The number of nitrogens with one attached hydrogen (secondary N) is 2. The number of anilines is 1. The van der Waals surface area contributed by atoms with Crippen molar-refractivity contribution in [3.05, 3.63) is 58.7 Å². The molecule has 1 saturated heterocycles. The first kappa shape index (κ1) is 18.6. The highest BCUT2D eigenvalue weighted by atomic mass is 35.5. The Hall–Kier alpha value is -2.15. The fourth-order valence-corrected chi connectivity index (χ4v) is 2.92. The van der Waals surface area contributed by atoms with Gasteiger partial charge in [0.15, 0.2) is 0 Å². The molecule has 6 nitrogen and oxygen atoms in total. The van der Waals surface area contributed by atoms with Crippen LogP contribution in [0.2, 0.25) is 5.02 Å². The minimum atomic E-state index is -0.108. The second-order valence-corrected chi connectivity index (χ2v) is 6.49. The Morgan fingerprint density at radius 1 is 1.19 bits per heavy atom. The molecule has 0 atom stereocenters. The van der Waals surface area contributed by atoms with Gasteiger partial charge < -0.3 is 15.4 Å². The molecular formula is C19H23ClN4O2. The molecule has 138 valence electrons. The van der Waals surface area contributed by atoms with Gasteiger partial charge in [-0.3, -0.25) is 9.69 Å². The van der Waals surface area contributed by atoms with Gasteiger partial charge in [-0.2, -0.15) is 0 Å². The summed E-state index contributed by atoms with van der Waals surface area (Å²) < 4.78 is 5.31. The summed E-state index contributed by atoms with van der Waals surface area (Å²) in [5.41, 5.74) is 1.55. The van der Waals surface area contributed by atoms with Crippen LogP contribution in [0.5, 0.6) is 0 Å². The maximum Gasteiger partial charge on any atom is 0.252 e. The molecule has 0 spiro atoms. The van der Waals surface area contributed by atoms with E-state index in [4.69, 9.17) is 16.3 Å². The second kappa shape index (κ2) is 9.52. The van der Waals surface area contributed by atoms with Crippen LogP contribution >= 0.6 is 11.6 Å². The number of benzene rings is 1. The normalized spacial score (nSPS) is 14.8. The third-order valence-corrected chi connectivity index (χ3v) is 4.63. The summed E-state index contributed by atoms with van der Waals surface area (Å²) in [6.07, 6.45) is 1.58. The van der Waals surface area contributed by atoms with Gasteiger partial charge in [-0.1, -0.05) is 29.8 Å². The number of ether oxygens (including phenoxy) is 1. The Morgan fingerprint density at radius 2 is 2.00 bits per heavy atom. The van der Waals surface area contributed by atoms with Gasteiger partial charge in [0.25, 0.3) is 5.91 Å². The van der Waals surface area contributed by atoms with Crippen molar-refractivity contribution in [2.24, 2.45) is 0 Å². The first-order valence-electron chi connectivity index (χ1n) is 8.74. The highest BCUT2D eigenvalue weighted by Crippen LogP contribution is 2.16. The fraction of sp³-hybridized carbons (Fsp3) is 0.368. The number of pyridine rings is 1. The van der Waals surface area contributed by atoms with Gasteiger partial charge in [0.1, 0.15) is 5.82 Å². The third kappa shape index (κ3) is 5.42. The molecule has 0 radical (unpaired) electrons. The molecule has 1 aromatic heterocycles. The van der Waals surface area contributed by atoms with Crippen LogP contribution in [0.3, 0.4) is 0 Å². The molecule has 0 aliphatic carbocycles. The minimum Gasteiger partial charge on any atom is -0.379 e. The molecule has 1 aromatic carbocycles. The molecule has 0 saturated carbocycles. The van der Waals surface area contributed by atoms with Gasteiger partial charge in [0.05, 0.1) is 18.8 Å². The lowest BCUT2D eigenvalue weighted by Gasteiger charge is -2.26. The largest absolute Gasteiger partial charge is 0.379 e. The number of carbonyl (C=O) groups excluding carboxylic acids is 1. The van der Waals surface area contributed by atoms with Crippen molar-refractivity contribution in [3.8, 4) is 0 Å². The Morgan fingerprint density at radius 3 is 2.73 bits per heavy atom. The van der Waals surface area contributed by atoms with E-state index in [-0.39, 0.29) is 5.91 Å². The summed E-state index contributed by atoms with van der Waals surface area (Å²) >= 11 is 6.14. The molecule has 3 rings (SSSR count). The van der Waals surface area contributed by atoms with E-state index in [0.717, 1.165) is 43.4 Å². The standard InChI is InChI=1S/C19H23ClN4O2/c20-17-4-2-1-3-15(17)13-22-18-6-5-16(14-23-18)19(25)21-7-8-24-9-11-26-12-10-24/h1-6,14H,7-13H2,(H,21,25)(H,22,23). The van der Waals surface area contributed by atoms with Gasteiger partial charge in [-0.25, -0.2) is 4.98 Å². The Labute approximate surface area is 158 Å². The molecule has 0 unspecified atom stereocenters. The van der Waals surface area contributed by atoms with Gasteiger partial charge in [0, 0.05) is 43.9 Å². The SMILES string of the molecule is O=C(NCCN1CCOCC1)c1ccc(NCc2ccccc2Cl)nc1. The van der Waals surface area contributed by atoms with Crippen LogP contribution in [0.4, 0.5) is 5.82 Å². The van der Waals surface area contributed by atoms with Gasteiger partial charge in [0.2, 0.25) is 0 Å². The van der Waals surface area contributed by atoms with Crippen molar-refractivity contribution in [1.29, 1.82) is 0 Å². The van der Waals surface area contributed by atoms with Crippen LogP contribution in [-0.2, 0) is 11.3 Å². The maximum absolute atomic E-state index is 12.2. The number of morpholine rings is 1. The molecule has 0 bridgehead atoms. The molecule has 26 heavy (non-hydrogen) atoms. The number of nitrogens with zero attached hydrogens (tertiary/aromatic N) is 2. The van der Waals surface area contributed by atoms with Gasteiger partial charge in [-0.05, 0) is 23.8 Å². The Kier molecular flexibility index (Phi) is 6.82. The van der Waals surface area contributed by atoms with Crippen LogP contribution in [-0.4, -0.2) is 55.2 Å². The van der Waals surface area contributed by atoms with E-state index in [2.05, 4.69) is 20.5 Å². The van der Waals surface area contributed by atoms with Crippen LogP contribution in [0.1, 0.15) is 15.9 Å². The van der Waals surface area contributed by atoms with Crippen molar-refractivity contribution < 1.29 is 9.53 Å². The highest BCUT2D eigenvalue weighted by Gasteiger charge is 2.11. The van der Waals surface area contributed by atoms with E-state index in [1.807, 2.05) is 24.3 Å². The van der Waals surface area contributed by atoms with E-state index < -0.39 is 0 Å². The summed E-state index contributed by atoms with van der Waals surface area (Å²) in [7, 11) is 0. The zero-order valence-electron chi connectivity index (χ0n) is 14.6. The monoisotopic (exact) mass is 374 g/mol. The molecule has 7 heteroatoms. The average molecular weight is 375 g/mol. The van der Waals surface area contributed by atoms with Crippen LogP contribution in [0.25, 0.3) is 0 Å². The van der Waals surface area contributed by atoms with Gasteiger partial charge >= 0.3 is 0 Å². The number of amides is 1. The number of hydrogen-bond acceptors (Lipinski definition) is 5. The summed E-state index contributed by atoms with van der Waals surface area (Å²) in [4.78, 5) is 18.8. The fourth-order valence-electron chi connectivity index (χ4n) is 2.71. The quantitative estimate of drug-likeness (QED) is 0.779. The topological polar surface area (TPSA) is 66.5 Å². The van der Waals surface area contributed by atoms with Crippen molar-refractivity contribution in [2.75, 3.05) is 44.7 Å². The minimum absolute atomic E-state index is 0.108. The van der Waals surface area contributed by atoms with E-state index in [1.54, 1.807) is 18.3 Å². The molecule has 2 N–H and O–H groups in total. The lowest BCUT2D eigenvalue weighted by atomic mass is 10.2. The van der Waals surface area contributed by atoms with Crippen LogP contribution < -0.4 is 10.6 Å². The summed E-state index contributed by atoms with van der Waals surface area (Å²) in [5, 5.41) is 6.86. The highest BCUT2D eigenvalue weighted by molar-refractivity contribution is 6.31. The average Bonchev–Trinajstić information content (AvgIpc) is 2.68. The lowest BCUT2D eigenvalue weighted by molar-refractivity contribution is 0.0383. The molecule has 1 aliphatic heterocycles. The molecule has 2 heterocycles. The molecular weight excluding hydrogens is 352 g/mol. The Balaban J connectivity index is 1.44. The summed E-state index contributed by atoms with van der Waals surface area (Å²) in [5.74, 6) is 0.596. The van der Waals surface area contributed by atoms with Crippen LogP contribution in [0, 0.1) is 0 Å². The predicted octanol–water partition coefficient (Wildman–Crippen LogP) is 2.41. The van der Waals surface area contributed by atoms with Gasteiger partial charge in [-0.15, -0.1) is 0 Å². The first-order chi connectivity index (χ1) is 12.7. The smallest absolute Gasteiger partial charge is 0.252 e. The van der Waals surface area contributed by atoms with E-state index in [0.29, 0.717) is 24.5 Å². The number of carbonyl (C=O) groups is 1. The lowest BCUT2D eigenvalue weighted by Crippen LogP contribution is -2.41. The van der Waals surface area contributed by atoms with Crippen molar-refractivity contribution in [2.45, 2.75) is 6.54 Å². The second-order valence-electron chi connectivity index (χ2n) is 6.09. The van der Waals surface area contributed by atoms with E-state index in [9.17, 15) is 4.79 Å². The molecule has 1 fully saturated rings. The van der Waals surface area contributed by atoms with Crippen molar-refractivity contribution in [1.82, 2.24) is 15.2 Å². The predicted molar refractivity (Wildman–Crippen MR) is 103 cm³/mol.